The Balaban J connectivity index is 3.45. The lowest BCUT2D eigenvalue weighted by atomic mass is 10.0. The first kappa shape index (κ1) is 13.9. The maximum absolute atomic E-state index is 9.73. The molecule has 0 saturated heterocycles. The fraction of sp³-hybridized carbons (Fsp3) is 1.00. The molecule has 1 atom stereocenters. The number of nitrogens with one attached hydrogen (secondary N) is 1. The molecule has 0 bridgehead atoms. The van der Waals surface area contributed by atoms with Gasteiger partial charge in [0.1, 0.15) is 0 Å². The van der Waals surface area contributed by atoms with Gasteiger partial charge in [-0.05, 0) is 26.4 Å². The molecule has 0 aromatic carbocycles. The zero-order valence-corrected chi connectivity index (χ0v) is 10.1. The van der Waals surface area contributed by atoms with E-state index in [0.29, 0.717) is 6.54 Å². The molecule has 14 heavy (non-hydrogen) atoms. The van der Waals surface area contributed by atoms with Crippen LogP contribution in [0.15, 0.2) is 0 Å². The molecule has 0 fully saturated rings. The van der Waals surface area contributed by atoms with Gasteiger partial charge in [0.25, 0.3) is 0 Å². The molecule has 0 aliphatic rings. The highest BCUT2D eigenvalue weighted by molar-refractivity contribution is 4.73. The Bertz CT molecular complexity index is 133. The van der Waals surface area contributed by atoms with Crippen LogP contribution >= 0.6 is 0 Å². The monoisotopic (exact) mass is 202 g/mol. The Kier molecular flexibility index (Phi) is 7.15. The van der Waals surface area contributed by atoms with Gasteiger partial charge < -0.3 is 15.3 Å². The maximum atomic E-state index is 9.73. The maximum Gasteiger partial charge on any atom is 0.0740 e. The second-order valence-electron chi connectivity index (χ2n) is 4.05. The summed E-state index contributed by atoms with van der Waals surface area (Å²) in [5.41, 5.74) is -0.552. The Labute approximate surface area is 88.5 Å². The summed E-state index contributed by atoms with van der Waals surface area (Å²) < 4.78 is 0. The van der Waals surface area contributed by atoms with Crippen molar-refractivity contribution in [2.24, 2.45) is 0 Å². The number of hydrogen-bond donors (Lipinski definition) is 2. The number of aliphatic hydroxyl groups is 1. The van der Waals surface area contributed by atoms with E-state index < -0.39 is 5.60 Å². The van der Waals surface area contributed by atoms with Crippen LogP contribution in [0.3, 0.4) is 0 Å². The van der Waals surface area contributed by atoms with Crippen molar-refractivity contribution in [3.8, 4) is 0 Å². The zero-order chi connectivity index (χ0) is 11.0. The van der Waals surface area contributed by atoms with Crippen molar-refractivity contribution in [1.82, 2.24) is 10.2 Å². The molecule has 0 aliphatic heterocycles. The minimum Gasteiger partial charge on any atom is -0.389 e. The molecule has 0 aliphatic carbocycles. The first-order valence-corrected chi connectivity index (χ1v) is 5.71. The van der Waals surface area contributed by atoms with Crippen LogP contribution < -0.4 is 5.32 Å². The topological polar surface area (TPSA) is 35.5 Å². The minimum absolute atomic E-state index is 0.552. The number of hydrogen-bond acceptors (Lipinski definition) is 3. The van der Waals surface area contributed by atoms with Crippen molar-refractivity contribution in [3.05, 3.63) is 0 Å². The number of rotatable bonds is 8. The minimum atomic E-state index is -0.552. The van der Waals surface area contributed by atoms with Gasteiger partial charge >= 0.3 is 0 Å². The highest BCUT2D eigenvalue weighted by atomic mass is 16.3. The van der Waals surface area contributed by atoms with Crippen molar-refractivity contribution >= 4 is 0 Å². The molecular weight excluding hydrogens is 176 g/mol. The van der Waals surface area contributed by atoms with E-state index >= 15 is 0 Å². The first-order chi connectivity index (χ1) is 6.55. The van der Waals surface area contributed by atoms with E-state index in [9.17, 15) is 5.11 Å². The van der Waals surface area contributed by atoms with Crippen LogP contribution in [0.5, 0.6) is 0 Å². The second-order valence-corrected chi connectivity index (χ2v) is 4.05. The standard InChI is InChI=1S/C11H26N2O/c1-5-11(4,14)10-12-8-9-13(6-2)7-3/h12,14H,5-10H2,1-4H3. The van der Waals surface area contributed by atoms with E-state index in [2.05, 4.69) is 24.1 Å². The van der Waals surface area contributed by atoms with Crippen molar-refractivity contribution in [2.75, 3.05) is 32.7 Å². The lowest BCUT2D eigenvalue weighted by Crippen LogP contribution is -2.40. The van der Waals surface area contributed by atoms with Gasteiger partial charge in [-0.25, -0.2) is 0 Å². The lowest BCUT2D eigenvalue weighted by molar-refractivity contribution is 0.0554. The van der Waals surface area contributed by atoms with Crippen LogP contribution in [0.2, 0.25) is 0 Å². The average molecular weight is 202 g/mol. The Hall–Kier alpha value is -0.120. The van der Waals surface area contributed by atoms with Crippen molar-refractivity contribution < 1.29 is 5.11 Å². The highest BCUT2D eigenvalue weighted by Gasteiger charge is 2.15. The van der Waals surface area contributed by atoms with Gasteiger partial charge in [0, 0.05) is 19.6 Å². The average Bonchev–Trinajstić information content (AvgIpc) is 2.18. The fourth-order valence-corrected chi connectivity index (χ4v) is 1.26. The summed E-state index contributed by atoms with van der Waals surface area (Å²) in [5.74, 6) is 0. The largest absolute Gasteiger partial charge is 0.389 e. The zero-order valence-electron chi connectivity index (χ0n) is 10.1. The summed E-state index contributed by atoms with van der Waals surface area (Å²) in [6.07, 6.45) is 0.797. The predicted molar refractivity (Wildman–Crippen MR) is 61.6 cm³/mol. The quantitative estimate of drug-likeness (QED) is 0.578. The van der Waals surface area contributed by atoms with Crippen LogP contribution in [0, 0.1) is 0 Å². The Morgan fingerprint density at radius 3 is 2.21 bits per heavy atom. The van der Waals surface area contributed by atoms with E-state index in [0.717, 1.165) is 32.6 Å². The third-order valence-corrected chi connectivity index (χ3v) is 2.77. The van der Waals surface area contributed by atoms with Crippen LogP contribution in [-0.2, 0) is 0 Å². The highest BCUT2D eigenvalue weighted by Crippen LogP contribution is 2.05. The van der Waals surface area contributed by atoms with Crippen molar-refractivity contribution in [2.45, 2.75) is 39.7 Å². The number of nitrogens with zero attached hydrogens (tertiary/aromatic N) is 1. The third kappa shape index (κ3) is 6.35. The van der Waals surface area contributed by atoms with Gasteiger partial charge in [-0.3, -0.25) is 0 Å². The molecule has 2 N–H and O–H groups in total. The van der Waals surface area contributed by atoms with Crippen LogP contribution in [0.4, 0.5) is 0 Å². The van der Waals surface area contributed by atoms with Gasteiger partial charge in [0.2, 0.25) is 0 Å². The van der Waals surface area contributed by atoms with E-state index in [-0.39, 0.29) is 0 Å². The molecule has 1 unspecified atom stereocenters. The molecule has 86 valence electrons. The molecular formula is C11H26N2O. The molecule has 0 spiro atoms. The van der Waals surface area contributed by atoms with Crippen LogP contribution in [-0.4, -0.2) is 48.3 Å². The molecule has 0 aromatic heterocycles. The summed E-state index contributed by atoms with van der Waals surface area (Å²) in [4.78, 5) is 2.37. The molecule has 0 amide bonds. The smallest absolute Gasteiger partial charge is 0.0740 e. The molecule has 0 saturated carbocycles. The van der Waals surface area contributed by atoms with Gasteiger partial charge in [0.15, 0.2) is 0 Å². The predicted octanol–water partition coefficient (Wildman–Crippen LogP) is 1.08. The molecule has 0 rings (SSSR count). The molecule has 0 heterocycles. The SMILES string of the molecule is CCN(CC)CCNCC(C)(O)CC. The second kappa shape index (κ2) is 7.21. The summed E-state index contributed by atoms with van der Waals surface area (Å²) >= 11 is 0. The van der Waals surface area contributed by atoms with E-state index in [1.54, 1.807) is 0 Å². The molecule has 0 aromatic rings. The number of likely N-dealkylation sites (N-methyl/N-ethyl adjacent to an activating group) is 1. The van der Waals surface area contributed by atoms with E-state index in [1.165, 1.54) is 0 Å². The van der Waals surface area contributed by atoms with E-state index in [1.807, 2.05) is 13.8 Å². The van der Waals surface area contributed by atoms with Gasteiger partial charge in [-0.1, -0.05) is 20.8 Å². The van der Waals surface area contributed by atoms with Crippen LogP contribution in [0.25, 0.3) is 0 Å². The van der Waals surface area contributed by atoms with Gasteiger partial charge in [-0.2, -0.15) is 0 Å². The van der Waals surface area contributed by atoms with Crippen molar-refractivity contribution in [1.29, 1.82) is 0 Å². The Morgan fingerprint density at radius 1 is 1.21 bits per heavy atom. The normalized spacial score (nSPS) is 15.9. The van der Waals surface area contributed by atoms with Gasteiger partial charge in [-0.15, -0.1) is 0 Å². The molecule has 3 nitrogen and oxygen atoms in total. The Morgan fingerprint density at radius 2 is 1.79 bits per heavy atom. The lowest BCUT2D eigenvalue weighted by Gasteiger charge is -2.23. The fourth-order valence-electron chi connectivity index (χ4n) is 1.26. The third-order valence-electron chi connectivity index (χ3n) is 2.77. The first-order valence-electron chi connectivity index (χ1n) is 5.71. The molecule has 0 radical (unpaired) electrons. The summed E-state index contributed by atoms with van der Waals surface area (Å²) in [5, 5.41) is 13.0. The summed E-state index contributed by atoms with van der Waals surface area (Å²) in [7, 11) is 0. The molecule has 3 heteroatoms. The summed E-state index contributed by atoms with van der Waals surface area (Å²) in [6.45, 7) is 13.1. The van der Waals surface area contributed by atoms with E-state index in [4.69, 9.17) is 0 Å². The summed E-state index contributed by atoms with van der Waals surface area (Å²) in [6, 6.07) is 0. The van der Waals surface area contributed by atoms with Gasteiger partial charge in [0.05, 0.1) is 5.60 Å². The van der Waals surface area contributed by atoms with Crippen LogP contribution in [0.1, 0.15) is 34.1 Å². The van der Waals surface area contributed by atoms with Crippen molar-refractivity contribution in [3.63, 3.8) is 0 Å².